The molecular formula is C20H21N3O3S. The summed E-state index contributed by atoms with van der Waals surface area (Å²) in [4.78, 5) is 19.2. The molecule has 1 saturated heterocycles. The number of nitrogens with one attached hydrogen (secondary N) is 1. The highest BCUT2D eigenvalue weighted by Crippen LogP contribution is 2.34. The second kappa shape index (κ2) is 7.44. The molecule has 6 nitrogen and oxygen atoms in total. The van der Waals surface area contributed by atoms with Crippen molar-refractivity contribution in [2.45, 2.75) is 6.54 Å². The van der Waals surface area contributed by atoms with Crippen LogP contribution in [-0.2, 0) is 11.3 Å². The highest BCUT2D eigenvalue weighted by molar-refractivity contribution is 7.22. The first-order valence-electron chi connectivity index (χ1n) is 8.77. The van der Waals surface area contributed by atoms with Crippen LogP contribution in [0.2, 0.25) is 0 Å². The van der Waals surface area contributed by atoms with Gasteiger partial charge in [-0.05, 0) is 24.3 Å². The molecule has 1 aliphatic heterocycles. The molecule has 1 fully saturated rings. The third-order valence-electron chi connectivity index (χ3n) is 4.75. The lowest BCUT2D eigenvalue weighted by atomic mass is 10.00. The van der Waals surface area contributed by atoms with Crippen molar-refractivity contribution in [1.82, 2.24) is 10.3 Å². The molecule has 1 N–H and O–H groups in total. The second-order valence-electron chi connectivity index (χ2n) is 6.46. The van der Waals surface area contributed by atoms with Gasteiger partial charge in [-0.3, -0.25) is 4.79 Å². The Morgan fingerprint density at radius 2 is 2.04 bits per heavy atom. The lowest BCUT2D eigenvalue weighted by Crippen LogP contribution is -2.53. The third-order valence-corrected chi connectivity index (χ3v) is 5.83. The summed E-state index contributed by atoms with van der Waals surface area (Å²) in [6, 6.07) is 13.6. The fourth-order valence-electron chi connectivity index (χ4n) is 3.13. The summed E-state index contributed by atoms with van der Waals surface area (Å²) in [5, 5.41) is 3.96. The van der Waals surface area contributed by atoms with Crippen molar-refractivity contribution in [2.75, 3.05) is 32.2 Å². The van der Waals surface area contributed by atoms with Gasteiger partial charge in [0, 0.05) is 25.2 Å². The molecule has 140 valence electrons. The van der Waals surface area contributed by atoms with Crippen LogP contribution >= 0.6 is 11.3 Å². The molecule has 0 saturated carbocycles. The minimum absolute atomic E-state index is 0.0127. The largest absolute Gasteiger partial charge is 0.497 e. The van der Waals surface area contributed by atoms with E-state index in [1.807, 2.05) is 42.5 Å². The van der Waals surface area contributed by atoms with Gasteiger partial charge in [-0.25, -0.2) is 4.98 Å². The maximum absolute atomic E-state index is 12.4. The average molecular weight is 383 g/mol. The third kappa shape index (κ3) is 3.55. The number of thiazole rings is 1. The molecular weight excluding hydrogens is 362 g/mol. The maximum Gasteiger partial charge on any atom is 0.226 e. The molecule has 1 aliphatic rings. The van der Waals surface area contributed by atoms with Gasteiger partial charge < -0.3 is 19.7 Å². The number of hydrogen-bond donors (Lipinski definition) is 1. The number of para-hydroxylation sites is 1. The zero-order chi connectivity index (χ0) is 18.8. The maximum atomic E-state index is 12.4. The minimum Gasteiger partial charge on any atom is -0.497 e. The van der Waals surface area contributed by atoms with Crippen molar-refractivity contribution >= 4 is 32.6 Å². The minimum atomic E-state index is -0.0127. The van der Waals surface area contributed by atoms with E-state index in [0.717, 1.165) is 32.4 Å². The van der Waals surface area contributed by atoms with Gasteiger partial charge in [-0.15, -0.1) is 0 Å². The number of amides is 1. The lowest BCUT2D eigenvalue weighted by Gasteiger charge is -2.38. The first-order valence-corrected chi connectivity index (χ1v) is 9.58. The molecule has 27 heavy (non-hydrogen) atoms. The van der Waals surface area contributed by atoms with Crippen molar-refractivity contribution in [3.8, 4) is 11.5 Å². The van der Waals surface area contributed by atoms with Crippen LogP contribution in [0.4, 0.5) is 5.13 Å². The molecule has 0 bridgehead atoms. The molecule has 3 aromatic rings. The van der Waals surface area contributed by atoms with Gasteiger partial charge in [0.2, 0.25) is 5.91 Å². The number of nitrogens with zero attached hydrogens (tertiary/aromatic N) is 2. The van der Waals surface area contributed by atoms with Gasteiger partial charge in [-0.2, -0.15) is 0 Å². The molecule has 0 spiro atoms. The van der Waals surface area contributed by atoms with E-state index in [9.17, 15) is 4.79 Å². The molecule has 1 amide bonds. The Bertz CT molecular complexity index is 966. The van der Waals surface area contributed by atoms with Crippen molar-refractivity contribution in [1.29, 1.82) is 0 Å². The Balaban J connectivity index is 1.34. The molecule has 0 atom stereocenters. The van der Waals surface area contributed by atoms with Crippen molar-refractivity contribution in [3.63, 3.8) is 0 Å². The highest BCUT2D eigenvalue weighted by atomic mass is 32.1. The first-order chi connectivity index (χ1) is 13.2. The number of carbonyl (C=O) groups excluding carboxylic acids is 1. The zero-order valence-electron chi connectivity index (χ0n) is 15.3. The van der Waals surface area contributed by atoms with Crippen molar-refractivity contribution in [3.05, 3.63) is 48.0 Å². The van der Waals surface area contributed by atoms with Crippen molar-refractivity contribution in [2.24, 2.45) is 5.92 Å². The molecule has 2 heterocycles. The van der Waals surface area contributed by atoms with Gasteiger partial charge in [0.05, 0.1) is 30.4 Å². The van der Waals surface area contributed by atoms with Gasteiger partial charge in [0.1, 0.15) is 11.5 Å². The average Bonchev–Trinajstić information content (AvgIpc) is 3.07. The molecule has 2 aromatic carbocycles. The smallest absolute Gasteiger partial charge is 0.226 e. The molecule has 0 unspecified atom stereocenters. The molecule has 0 radical (unpaired) electrons. The fraction of sp³-hybridized carbons (Fsp3) is 0.300. The number of rotatable bonds is 6. The second-order valence-corrected chi connectivity index (χ2v) is 7.47. The summed E-state index contributed by atoms with van der Waals surface area (Å²) >= 11 is 1.63. The van der Waals surface area contributed by atoms with Crippen LogP contribution < -0.4 is 19.7 Å². The Morgan fingerprint density at radius 1 is 1.22 bits per heavy atom. The van der Waals surface area contributed by atoms with E-state index in [1.165, 1.54) is 0 Å². The summed E-state index contributed by atoms with van der Waals surface area (Å²) in [6.07, 6.45) is 0. The van der Waals surface area contributed by atoms with Crippen molar-refractivity contribution < 1.29 is 14.3 Å². The van der Waals surface area contributed by atoms with E-state index in [-0.39, 0.29) is 11.8 Å². The topological polar surface area (TPSA) is 63.7 Å². The molecule has 4 rings (SSSR count). The van der Waals surface area contributed by atoms with Gasteiger partial charge in [0.15, 0.2) is 5.13 Å². The summed E-state index contributed by atoms with van der Waals surface area (Å²) in [5.74, 6) is 1.68. The van der Waals surface area contributed by atoms with Crippen LogP contribution in [-0.4, -0.2) is 38.2 Å². The van der Waals surface area contributed by atoms with Crippen LogP contribution in [0.25, 0.3) is 10.2 Å². The number of ether oxygens (including phenoxy) is 2. The number of carbonyl (C=O) groups is 1. The van der Waals surface area contributed by atoms with E-state index in [1.54, 1.807) is 25.6 Å². The van der Waals surface area contributed by atoms with E-state index in [4.69, 9.17) is 9.47 Å². The number of hydrogen-bond acceptors (Lipinski definition) is 6. The Labute approximate surface area is 161 Å². The SMILES string of the molecule is COc1ccc2nc(N3CC(C(=O)NCc4ccccc4OC)C3)sc2c1. The van der Waals surface area contributed by atoms with Gasteiger partial charge in [0.25, 0.3) is 0 Å². The normalized spacial score (nSPS) is 14.1. The summed E-state index contributed by atoms with van der Waals surface area (Å²) in [7, 11) is 3.30. The van der Waals surface area contributed by atoms with Crippen LogP contribution in [0, 0.1) is 5.92 Å². The number of fused-ring (bicyclic) bond motifs is 1. The van der Waals surface area contributed by atoms with Crippen LogP contribution in [0.5, 0.6) is 11.5 Å². The standard InChI is InChI=1S/C20H21N3O3S/c1-25-15-7-8-16-18(9-15)27-20(22-16)23-11-14(12-23)19(24)21-10-13-5-3-4-6-17(13)26-2/h3-9,14H,10-12H2,1-2H3,(H,21,24). The summed E-state index contributed by atoms with van der Waals surface area (Å²) < 4.78 is 11.7. The number of methoxy groups -OCH3 is 2. The van der Waals surface area contributed by atoms with E-state index >= 15 is 0 Å². The molecule has 0 aliphatic carbocycles. The summed E-state index contributed by atoms with van der Waals surface area (Å²) in [5.41, 5.74) is 1.93. The van der Waals surface area contributed by atoms with Gasteiger partial charge in [-0.1, -0.05) is 29.5 Å². The quantitative estimate of drug-likeness (QED) is 0.709. The van der Waals surface area contributed by atoms with E-state index < -0.39 is 0 Å². The summed E-state index contributed by atoms with van der Waals surface area (Å²) in [6.45, 7) is 1.85. The van der Waals surface area contributed by atoms with Gasteiger partial charge >= 0.3 is 0 Å². The fourth-order valence-corrected chi connectivity index (χ4v) is 4.14. The predicted molar refractivity (Wildman–Crippen MR) is 107 cm³/mol. The number of anilines is 1. The Hall–Kier alpha value is -2.80. The first kappa shape index (κ1) is 17.6. The molecule has 7 heteroatoms. The predicted octanol–water partition coefficient (Wildman–Crippen LogP) is 3.07. The molecule has 1 aromatic heterocycles. The number of aromatic nitrogens is 1. The number of benzene rings is 2. The highest BCUT2D eigenvalue weighted by Gasteiger charge is 2.34. The monoisotopic (exact) mass is 383 g/mol. The van der Waals surface area contributed by atoms with Crippen LogP contribution in [0.15, 0.2) is 42.5 Å². The Kier molecular flexibility index (Phi) is 4.85. The lowest BCUT2D eigenvalue weighted by molar-refractivity contribution is -0.125. The van der Waals surface area contributed by atoms with E-state index in [0.29, 0.717) is 19.6 Å². The van der Waals surface area contributed by atoms with E-state index in [2.05, 4.69) is 15.2 Å². The van der Waals surface area contributed by atoms with Crippen LogP contribution in [0.3, 0.4) is 0 Å². The van der Waals surface area contributed by atoms with Crippen LogP contribution in [0.1, 0.15) is 5.56 Å². The zero-order valence-corrected chi connectivity index (χ0v) is 16.1. The Morgan fingerprint density at radius 3 is 2.81 bits per heavy atom.